The maximum Gasteiger partial charge on any atom is 0.266 e. The molecule has 0 radical (unpaired) electrons. The fraction of sp³-hybridized carbons (Fsp3) is 0.800. The van der Waals surface area contributed by atoms with E-state index in [1.54, 1.807) is 11.0 Å². The molecule has 1 aliphatic rings. The molecule has 30 heavy (non-hydrogen) atoms. The Morgan fingerprint density at radius 3 is 2.37 bits per heavy atom. The molecule has 1 fully saturated rings. The van der Waals surface area contributed by atoms with Gasteiger partial charge in [0.15, 0.2) is 0 Å². The molecule has 4 amide bonds. The van der Waals surface area contributed by atoms with Gasteiger partial charge in [-0.2, -0.15) is 0 Å². The van der Waals surface area contributed by atoms with Gasteiger partial charge < -0.3 is 10.2 Å². The molecule has 10 heteroatoms. The number of hydrogen-bond acceptors (Lipinski definition) is 6. The minimum atomic E-state index is -0.838. The van der Waals surface area contributed by atoms with Crippen LogP contribution in [0.2, 0.25) is 0 Å². The topological polar surface area (TPSA) is 148 Å². The number of nitrogens with zero attached hydrogens (tertiary/aromatic N) is 1. The third kappa shape index (κ3) is 7.91. The smallest absolute Gasteiger partial charge is 0.266 e. The van der Waals surface area contributed by atoms with Gasteiger partial charge in [-0.25, -0.2) is 11.0 Å². The summed E-state index contributed by atoms with van der Waals surface area (Å²) in [6.45, 7) is 6.24. The average molecular weight is 429 g/mol. The minimum absolute atomic E-state index is 0.103. The highest BCUT2D eigenvalue weighted by Crippen LogP contribution is 2.21. The number of nitrogens with one attached hydrogen (secondary N) is 3. The summed E-state index contributed by atoms with van der Waals surface area (Å²) >= 11 is 0. The van der Waals surface area contributed by atoms with Crippen molar-refractivity contribution in [3.8, 4) is 0 Å². The monoisotopic (exact) mass is 428 g/mol. The van der Waals surface area contributed by atoms with E-state index in [-0.39, 0.29) is 18.2 Å². The molecule has 0 bridgehead atoms. The molecule has 0 aromatic rings. The Balaban J connectivity index is 2.94. The van der Waals surface area contributed by atoms with Gasteiger partial charge in [0.1, 0.15) is 12.1 Å². The molecule has 10 nitrogen and oxygen atoms in total. The lowest BCUT2D eigenvalue weighted by Gasteiger charge is -2.30. The van der Waals surface area contributed by atoms with Crippen LogP contribution in [-0.4, -0.2) is 57.6 Å². The number of carbonyl (C=O) groups is 4. The normalized spacial score (nSPS) is 18.1. The number of hydrogen-bond donors (Lipinski definition) is 5. The molecule has 0 aromatic heterocycles. The lowest BCUT2D eigenvalue weighted by Crippen LogP contribution is -2.54. The third-order valence-electron chi connectivity index (χ3n) is 5.35. The van der Waals surface area contributed by atoms with Crippen LogP contribution in [-0.2, 0) is 19.2 Å². The molecule has 5 N–H and O–H groups in total. The first-order valence-corrected chi connectivity index (χ1v) is 10.7. The second-order valence-corrected chi connectivity index (χ2v) is 8.29. The van der Waals surface area contributed by atoms with Crippen molar-refractivity contribution in [2.45, 2.75) is 84.2 Å². The molecule has 0 aromatic carbocycles. The van der Waals surface area contributed by atoms with Gasteiger partial charge in [-0.15, -0.1) is 0 Å². The molecular weight excluding hydrogens is 392 g/mol. The van der Waals surface area contributed by atoms with Crippen LogP contribution in [0.1, 0.15) is 72.1 Å². The summed E-state index contributed by atoms with van der Waals surface area (Å²) in [4.78, 5) is 51.0. The van der Waals surface area contributed by atoms with E-state index in [0.717, 1.165) is 19.3 Å². The molecular formula is C20H36N4O6. The molecule has 1 heterocycles. The zero-order valence-corrected chi connectivity index (χ0v) is 18.1. The van der Waals surface area contributed by atoms with Crippen molar-refractivity contribution in [3.63, 3.8) is 0 Å². The molecule has 0 spiro atoms. The lowest BCUT2D eigenvalue weighted by molar-refractivity contribution is -0.145. The maximum absolute atomic E-state index is 13.1. The Morgan fingerprint density at radius 2 is 1.80 bits per heavy atom. The summed E-state index contributed by atoms with van der Waals surface area (Å²) in [5, 5.41) is 20.5. The molecule has 0 unspecified atom stereocenters. The number of unbranched alkanes of at least 4 members (excludes halogenated alkanes) is 2. The van der Waals surface area contributed by atoms with Crippen molar-refractivity contribution in [1.82, 2.24) is 21.2 Å². The standard InChI is InChI=1S/C20H36N4O6/c1-4-5-6-8-14(12-17(25)22-29)18(26)21-15(11-13(2)3)20(28)24-10-7-9-16(24)19(27)23-30/h13-16,29-30H,4-12H2,1-3H3,(H,21,26)(H,22,25)(H,23,27)/t14-,15+,16+/m1/s1. The second kappa shape index (κ2) is 13.2. The Morgan fingerprint density at radius 1 is 1.10 bits per heavy atom. The summed E-state index contributed by atoms with van der Waals surface area (Å²) in [7, 11) is 0. The fourth-order valence-electron chi connectivity index (χ4n) is 3.80. The van der Waals surface area contributed by atoms with Crippen LogP contribution in [0.4, 0.5) is 0 Å². The van der Waals surface area contributed by atoms with Crippen LogP contribution in [0.25, 0.3) is 0 Å². The first kappa shape index (κ1) is 25.8. The Hall–Kier alpha value is -2.20. The van der Waals surface area contributed by atoms with E-state index >= 15 is 0 Å². The quantitative estimate of drug-likeness (QED) is 0.179. The van der Waals surface area contributed by atoms with Crippen molar-refractivity contribution in [1.29, 1.82) is 0 Å². The van der Waals surface area contributed by atoms with Crippen LogP contribution in [0, 0.1) is 11.8 Å². The van der Waals surface area contributed by atoms with E-state index in [9.17, 15) is 19.2 Å². The average Bonchev–Trinajstić information content (AvgIpc) is 3.20. The summed E-state index contributed by atoms with van der Waals surface area (Å²) in [5.74, 6) is -2.66. The van der Waals surface area contributed by atoms with Crippen molar-refractivity contribution in [2.75, 3.05) is 6.54 Å². The molecule has 1 aliphatic heterocycles. The van der Waals surface area contributed by atoms with Crippen LogP contribution in [0.15, 0.2) is 0 Å². The molecule has 3 atom stereocenters. The summed E-state index contributed by atoms with van der Waals surface area (Å²) in [5.41, 5.74) is 3.16. The van der Waals surface area contributed by atoms with Crippen molar-refractivity contribution in [3.05, 3.63) is 0 Å². The summed E-state index contributed by atoms with van der Waals surface area (Å²) < 4.78 is 0. The zero-order chi connectivity index (χ0) is 22.7. The summed E-state index contributed by atoms with van der Waals surface area (Å²) in [6, 6.07) is -1.61. The Labute approximate surface area is 177 Å². The number of hydroxylamine groups is 2. The van der Waals surface area contributed by atoms with Gasteiger partial charge in [-0.05, 0) is 31.6 Å². The van der Waals surface area contributed by atoms with Gasteiger partial charge in [-0.1, -0.05) is 40.0 Å². The van der Waals surface area contributed by atoms with Gasteiger partial charge in [0, 0.05) is 18.9 Å². The number of carbonyl (C=O) groups excluding carboxylic acids is 4. The van der Waals surface area contributed by atoms with E-state index in [0.29, 0.717) is 32.2 Å². The predicted molar refractivity (Wildman–Crippen MR) is 108 cm³/mol. The highest BCUT2D eigenvalue weighted by atomic mass is 16.5. The highest BCUT2D eigenvalue weighted by molar-refractivity contribution is 5.93. The van der Waals surface area contributed by atoms with Gasteiger partial charge in [0.2, 0.25) is 17.7 Å². The van der Waals surface area contributed by atoms with E-state index < -0.39 is 35.7 Å². The van der Waals surface area contributed by atoms with E-state index in [4.69, 9.17) is 10.4 Å². The maximum atomic E-state index is 13.1. The van der Waals surface area contributed by atoms with Crippen LogP contribution < -0.4 is 16.3 Å². The van der Waals surface area contributed by atoms with Crippen molar-refractivity contribution in [2.24, 2.45) is 11.8 Å². The SMILES string of the molecule is CCCCC[C@H](CC(=O)NO)C(=O)N[C@@H](CC(C)C)C(=O)N1CCC[C@H]1C(=O)NO. The molecule has 1 rings (SSSR count). The van der Waals surface area contributed by atoms with Crippen molar-refractivity contribution < 1.29 is 29.6 Å². The Bertz CT molecular complexity index is 598. The minimum Gasteiger partial charge on any atom is -0.344 e. The van der Waals surface area contributed by atoms with E-state index in [1.807, 2.05) is 20.8 Å². The van der Waals surface area contributed by atoms with Gasteiger partial charge in [0.05, 0.1) is 0 Å². The number of amides is 4. The van der Waals surface area contributed by atoms with Crippen LogP contribution in [0.5, 0.6) is 0 Å². The molecule has 0 saturated carbocycles. The second-order valence-electron chi connectivity index (χ2n) is 8.29. The molecule has 0 aliphatic carbocycles. The summed E-state index contributed by atoms with van der Waals surface area (Å²) in [6.07, 6.45) is 4.36. The predicted octanol–water partition coefficient (Wildman–Crippen LogP) is 1.11. The first-order chi connectivity index (χ1) is 14.2. The first-order valence-electron chi connectivity index (χ1n) is 10.7. The fourth-order valence-corrected chi connectivity index (χ4v) is 3.80. The lowest BCUT2D eigenvalue weighted by atomic mass is 9.95. The van der Waals surface area contributed by atoms with Gasteiger partial charge >= 0.3 is 0 Å². The molecule has 1 saturated heterocycles. The zero-order valence-electron chi connectivity index (χ0n) is 18.1. The van der Waals surface area contributed by atoms with Crippen LogP contribution in [0.3, 0.4) is 0 Å². The van der Waals surface area contributed by atoms with Gasteiger partial charge in [-0.3, -0.25) is 29.6 Å². The van der Waals surface area contributed by atoms with Gasteiger partial charge in [0.25, 0.3) is 5.91 Å². The largest absolute Gasteiger partial charge is 0.344 e. The van der Waals surface area contributed by atoms with Crippen LogP contribution >= 0.6 is 0 Å². The van der Waals surface area contributed by atoms with E-state index in [1.165, 1.54) is 4.90 Å². The Kier molecular flexibility index (Phi) is 11.3. The van der Waals surface area contributed by atoms with E-state index in [2.05, 4.69) is 5.32 Å². The third-order valence-corrected chi connectivity index (χ3v) is 5.35. The number of likely N-dealkylation sites (tertiary alicyclic amines) is 1. The van der Waals surface area contributed by atoms with Crippen molar-refractivity contribution >= 4 is 23.6 Å². The molecule has 172 valence electrons. The number of rotatable bonds is 12. The highest BCUT2D eigenvalue weighted by Gasteiger charge is 2.38.